The van der Waals surface area contributed by atoms with Crippen LogP contribution in [0.5, 0.6) is 0 Å². The van der Waals surface area contributed by atoms with Gasteiger partial charge >= 0.3 is 0 Å². The summed E-state index contributed by atoms with van der Waals surface area (Å²) in [6, 6.07) is 1.05. The van der Waals surface area contributed by atoms with Gasteiger partial charge in [0, 0.05) is 12.6 Å². The lowest BCUT2D eigenvalue weighted by molar-refractivity contribution is -0.123. The second kappa shape index (κ2) is 4.12. The average Bonchev–Trinajstić information content (AvgIpc) is 2.22. The fraction of sp³-hybridized carbons (Fsp3) is 0.444. The second-order valence-corrected chi connectivity index (χ2v) is 3.43. The van der Waals surface area contributed by atoms with Gasteiger partial charge < -0.3 is 15.6 Å². The lowest BCUT2D eigenvalue weighted by Gasteiger charge is -2.22. The molecule has 0 aliphatic carbocycles. The maximum absolute atomic E-state index is 11.4. The van der Waals surface area contributed by atoms with E-state index < -0.39 is 0 Å². The average molecular weight is 208 g/mol. The third kappa shape index (κ3) is 2.34. The van der Waals surface area contributed by atoms with E-state index in [-0.39, 0.29) is 17.5 Å². The Morgan fingerprint density at radius 3 is 3.07 bits per heavy atom. The first-order chi connectivity index (χ1) is 7.25. The molecule has 2 heterocycles. The number of H-pyrrole nitrogens is 1. The van der Waals surface area contributed by atoms with Crippen molar-refractivity contribution < 1.29 is 4.79 Å². The minimum absolute atomic E-state index is 0.0386. The van der Waals surface area contributed by atoms with Gasteiger partial charge in [-0.1, -0.05) is 0 Å². The molecule has 80 valence electrons. The Kier molecular flexibility index (Phi) is 2.66. The lowest BCUT2D eigenvalue weighted by Crippen LogP contribution is -2.44. The Morgan fingerprint density at radius 1 is 1.47 bits per heavy atom. The number of rotatable bonds is 2. The number of hydrogen-bond donors (Lipinski definition) is 3. The molecule has 2 rings (SSSR count). The number of nitrogens with zero attached hydrogens (tertiary/aromatic N) is 1. The predicted octanol–water partition coefficient (Wildman–Crippen LogP) is -0.540. The summed E-state index contributed by atoms with van der Waals surface area (Å²) in [7, 11) is 0. The molecule has 1 atom stereocenters. The van der Waals surface area contributed by atoms with Crippen molar-refractivity contribution in [1.82, 2.24) is 15.3 Å². The molecule has 1 amide bonds. The van der Waals surface area contributed by atoms with Gasteiger partial charge in [-0.05, 0) is 12.8 Å². The highest BCUT2D eigenvalue weighted by atomic mass is 16.2. The summed E-state index contributed by atoms with van der Waals surface area (Å²) in [5.41, 5.74) is -0.233. The first-order valence-corrected chi connectivity index (χ1v) is 4.85. The molecule has 15 heavy (non-hydrogen) atoms. The van der Waals surface area contributed by atoms with Crippen molar-refractivity contribution in [3.05, 3.63) is 22.7 Å². The zero-order valence-electron chi connectivity index (χ0n) is 8.12. The third-order valence-electron chi connectivity index (χ3n) is 2.29. The van der Waals surface area contributed by atoms with Crippen molar-refractivity contribution in [2.75, 3.05) is 11.9 Å². The van der Waals surface area contributed by atoms with E-state index >= 15 is 0 Å². The summed E-state index contributed by atoms with van der Waals surface area (Å²) in [4.78, 5) is 28.7. The van der Waals surface area contributed by atoms with Gasteiger partial charge in [0.25, 0.3) is 5.56 Å². The molecular formula is C9H12N4O2. The van der Waals surface area contributed by atoms with Crippen LogP contribution in [0.4, 0.5) is 5.82 Å². The van der Waals surface area contributed by atoms with Gasteiger partial charge in [0.2, 0.25) is 5.91 Å². The van der Waals surface area contributed by atoms with E-state index in [1.54, 1.807) is 0 Å². The van der Waals surface area contributed by atoms with E-state index in [1.807, 2.05) is 0 Å². The summed E-state index contributed by atoms with van der Waals surface area (Å²) in [5.74, 6) is 0.393. The molecule has 0 saturated carbocycles. The number of piperidine rings is 1. The van der Waals surface area contributed by atoms with Crippen molar-refractivity contribution in [3.63, 3.8) is 0 Å². The van der Waals surface area contributed by atoms with Crippen LogP contribution in [0, 0.1) is 0 Å². The van der Waals surface area contributed by atoms with Gasteiger partial charge in [0.15, 0.2) is 0 Å². The first kappa shape index (κ1) is 9.70. The SMILES string of the molecule is O=C1NCCCC1Nc1cc(=O)[nH]cn1. The Bertz CT molecular complexity index is 415. The fourth-order valence-electron chi connectivity index (χ4n) is 1.54. The minimum Gasteiger partial charge on any atom is -0.358 e. The maximum Gasteiger partial charge on any atom is 0.252 e. The molecular weight excluding hydrogens is 196 g/mol. The van der Waals surface area contributed by atoms with Gasteiger partial charge in [-0.15, -0.1) is 0 Å². The van der Waals surface area contributed by atoms with Gasteiger partial charge in [-0.25, -0.2) is 4.98 Å². The Hall–Kier alpha value is -1.85. The number of carbonyl (C=O) groups excluding carboxylic acids is 1. The van der Waals surface area contributed by atoms with Crippen molar-refractivity contribution >= 4 is 11.7 Å². The van der Waals surface area contributed by atoms with Crippen LogP contribution in [0.1, 0.15) is 12.8 Å². The zero-order chi connectivity index (χ0) is 10.7. The summed E-state index contributed by atoms with van der Waals surface area (Å²) < 4.78 is 0. The number of aromatic nitrogens is 2. The second-order valence-electron chi connectivity index (χ2n) is 3.43. The number of amides is 1. The molecule has 6 heteroatoms. The highest BCUT2D eigenvalue weighted by molar-refractivity contribution is 5.84. The van der Waals surface area contributed by atoms with Crippen LogP contribution in [0.3, 0.4) is 0 Å². The van der Waals surface area contributed by atoms with Crippen LogP contribution in [0.25, 0.3) is 0 Å². The summed E-state index contributed by atoms with van der Waals surface area (Å²) in [6.45, 7) is 0.722. The standard InChI is InChI=1S/C9H12N4O2/c14-8-4-7(11-5-12-8)13-6-2-1-3-10-9(6)15/h4-6H,1-3H2,(H,10,15)(H2,11,12,13,14). The number of aromatic amines is 1. The number of carbonyl (C=O) groups is 1. The highest BCUT2D eigenvalue weighted by Crippen LogP contribution is 2.08. The normalized spacial score (nSPS) is 20.8. The summed E-state index contributed by atoms with van der Waals surface area (Å²) in [6.07, 6.45) is 3.01. The molecule has 1 aliphatic heterocycles. The van der Waals surface area contributed by atoms with Gasteiger partial charge in [0.05, 0.1) is 6.33 Å². The Morgan fingerprint density at radius 2 is 2.33 bits per heavy atom. The molecule has 0 bridgehead atoms. The maximum atomic E-state index is 11.4. The zero-order valence-corrected chi connectivity index (χ0v) is 8.12. The molecule has 1 aliphatic rings. The van der Waals surface area contributed by atoms with E-state index in [4.69, 9.17) is 0 Å². The van der Waals surface area contributed by atoms with E-state index in [0.717, 1.165) is 19.4 Å². The summed E-state index contributed by atoms with van der Waals surface area (Å²) >= 11 is 0. The van der Waals surface area contributed by atoms with Crippen molar-refractivity contribution in [2.24, 2.45) is 0 Å². The van der Waals surface area contributed by atoms with Crippen molar-refractivity contribution in [3.8, 4) is 0 Å². The lowest BCUT2D eigenvalue weighted by atomic mass is 10.1. The predicted molar refractivity (Wildman–Crippen MR) is 54.5 cm³/mol. The molecule has 1 unspecified atom stereocenters. The number of hydrogen-bond acceptors (Lipinski definition) is 4. The topological polar surface area (TPSA) is 86.9 Å². The van der Waals surface area contributed by atoms with Crippen LogP contribution in [-0.4, -0.2) is 28.5 Å². The smallest absolute Gasteiger partial charge is 0.252 e. The van der Waals surface area contributed by atoms with E-state index in [0.29, 0.717) is 5.82 Å². The van der Waals surface area contributed by atoms with Gasteiger partial charge in [-0.2, -0.15) is 0 Å². The van der Waals surface area contributed by atoms with E-state index in [9.17, 15) is 9.59 Å². The van der Waals surface area contributed by atoms with Crippen LogP contribution >= 0.6 is 0 Å². The Labute approximate surface area is 86.1 Å². The van der Waals surface area contributed by atoms with Crippen molar-refractivity contribution in [1.29, 1.82) is 0 Å². The number of anilines is 1. The number of nitrogens with one attached hydrogen (secondary N) is 3. The molecule has 3 N–H and O–H groups in total. The monoisotopic (exact) mass is 208 g/mol. The first-order valence-electron chi connectivity index (χ1n) is 4.85. The quantitative estimate of drug-likeness (QED) is 0.609. The highest BCUT2D eigenvalue weighted by Gasteiger charge is 2.21. The van der Waals surface area contributed by atoms with Crippen LogP contribution in [-0.2, 0) is 4.79 Å². The molecule has 1 fully saturated rings. The largest absolute Gasteiger partial charge is 0.358 e. The third-order valence-corrected chi connectivity index (χ3v) is 2.29. The molecule has 1 aromatic rings. The molecule has 6 nitrogen and oxygen atoms in total. The van der Waals surface area contributed by atoms with Crippen molar-refractivity contribution in [2.45, 2.75) is 18.9 Å². The molecule has 0 aromatic carbocycles. The van der Waals surface area contributed by atoms with Gasteiger partial charge in [0.1, 0.15) is 11.9 Å². The summed E-state index contributed by atoms with van der Waals surface area (Å²) in [5, 5.41) is 5.68. The minimum atomic E-state index is -0.284. The molecule has 1 aromatic heterocycles. The molecule has 0 spiro atoms. The molecule has 0 radical (unpaired) electrons. The fourth-order valence-corrected chi connectivity index (χ4v) is 1.54. The Balaban J connectivity index is 2.07. The molecule has 1 saturated heterocycles. The van der Waals surface area contributed by atoms with Crippen LogP contribution < -0.4 is 16.2 Å². The van der Waals surface area contributed by atoms with Crippen LogP contribution in [0.2, 0.25) is 0 Å². The van der Waals surface area contributed by atoms with E-state index in [1.165, 1.54) is 12.4 Å². The van der Waals surface area contributed by atoms with Gasteiger partial charge in [-0.3, -0.25) is 9.59 Å². The van der Waals surface area contributed by atoms with Crippen LogP contribution in [0.15, 0.2) is 17.2 Å². The van der Waals surface area contributed by atoms with E-state index in [2.05, 4.69) is 20.6 Å².